The smallest absolute Gasteiger partial charge is 0.178 e. The van der Waals surface area contributed by atoms with Gasteiger partial charge in [-0.3, -0.25) is 4.68 Å². The molecule has 0 bridgehead atoms. The molecule has 1 aliphatic carbocycles. The van der Waals surface area contributed by atoms with E-state index in [2.05, 4.69) is 44.7 Å². The molecule has 0 amide bonds. The number of anilines is 1. The quantitative estimate of drug-likeness (QED) is 0.739. The highest BCUT2D eigenvalue weighted by Crippen LogP contribution is 2.38. The molecule has 1 atom stereocenters. The van der Waals surface area contributed by atoms with Crippen LogP contribution in [-0.2, 0) is 7.05 Å². The van der Waals surface area contributed by atoms with Crippen molar-refractivity contribution < 1.29 is 0 Å². The van der Waals surface area contributed by atoms with Gasteiger partial charge in [0.1, 0.15) is 5.82 Å². The highest BCUT2D eigenvalue weighted by molar-refractivity contribution is 5.44. The lowest BCUT2D eigenvalue weighted by Gasteiger charge is -2.23. The molecule has 0 aliphatic heterocycles. The first-order valence-corrected chi connectivity index (χ1v) is 8.23. The maximum atomic E-state index is 4.67. The Labute approximate surface area is 140 Å². The summed E-state index contributed by atoms with van der Waals surface area (Å²) < 4.78 is 3.70. The molecule has 0 radical (unpaired) electrons. The molecule has 1 saturated carbocycles. The van der Waals surface area contributed by atoms with Gasteiger partial charge in [-0.25, -0.2) is 0 Å². The van der Waals surface area contributed by atoms with Crippen molar-refractivity contribution in [2.45, 2.75) is 24.8 Å². The SMILES string of the molecule is CN(C)C(CNc1ccc2nnc(C3CC3)n2n1)c1cnn(C)c1. The normalized spacial score (nSPS) is 16.0. The first-order chi connectivity index (χ1) is 11.6. The summed E-state index contributed by atoms with van der Waals surface area (Å²) in [7, 11) is 6.08. The van der Waals surface area contributed by atoms with E-state index in [4.69, 9.17) is 0 Å². The van der Waals surface area contributed by atoms with Gasteiger partial charge in [-0.2, -0.15) is 9.61 Å². The van der Waals surface area contributed by atoms with Gasteiger partial charge in [0.15, 0.2) is 11.5 Å². The van der Waals surface area contributed by atoms with Crippen LogP contribution >= 0.6 is 0 Å². The molecule has 8 heteroatoms. The van der Waals surface area contributed by atoms with E-state index in [9.17, 15) is 0 Å². The average molecular weight is 326 g/mol. The van der Waals surface area contributed by atoms with Crippen molar-refractivity contribution in [2.24, 2.45) is 7.05 Å². The Balaban J connectivity index is 1.53. The Bertz CT molecular complexity index is 845. The second kappa shape index (κ2) is 5.86. The molecule has 4 rings (SSSR count). The summed E-state index contributed by atoms with van der Waals surface area (Å²) >= 11 is 0. The van der Waals surface area contributed by atoms with Crippen LogP contribution in [0.4, 0.5) is 5.82 Å². The van der Waals surface area contributed by atoms with Crippen LogP contribution in [0.1, 0.15) is 36.2 Å². The van der Waals surface area contributed by atoms with E-state index in [0.29, 0.717) is 5.92 Å². The fourth-order valence-corrected chi connectivity index (χ4v) is 2.91. The van der Waals surface area contributed by atoms with Crippen molar-refractivity contribution in [2.75, 3.05) is 26.0 Å². The van der Waals surface area contributed by atoms with Gasteiger partial charge < -0.3 is 10.2 Å². The summed E-state index contributed by atoms with van der Waals surface area (Å²) in [5, 5.41) is 20.9. The fraction of sp³-hybridized carbons (Fsp3) is 0.500. The second-order valence-corrected chi connectivity index (χ2v) is 6.63. The zero-order valence-corrected chi connectivity index (χ0v) is 14.2. The first kappa shape index (κ1) is 15.1. The van der Waals surface area contributed by atoms with Crippen LogP contribution in [0.15, 0.2) is 24.5 Å². The minimum absolute atomic E-state index is 0.222. The molecule has 3 heterocycles. The molecule has 1 unspecified atom stereocenters. The highest BCUT2D eigenvalue weighted by atomic mass is 15.4. The lowest BCUT2D eigenvalue weighted by atomic mass is 10.1. The average Bonchev–Trinajstić information content (AvgIpc) is 3.17. The Kier molecular flexibility index (Phi) is 3.68. The van der Waals surface area contributed by atoms with Crippen LogP contribution in [0.25, 0.3) is 5.65 Å². The first-order valence-electron chi connectivity index (χ1n) is 8.23. The van der Waals surface area contributed by atoms with Crippen LogP contribution in [0, 0.1) is 0 Å². The molecule has 3 aromatic rings. The molecule has 1 aliphatic rings. The van der Waals surface area contributed by atoms with Crippen molar-refractivity contribution in [1.29, 1.82) is 0 Å². The van der Waals surface area contributed by atoms with Crippen molar-refractivity contribution in [3.8, 4) is 0 Å². The second-order valence-electron chi connectivity index (χ2n) is 6.63. The monoisotopic (exact) mass is 326 g/mol. The number of hydrogen-bond donors (Lipinski definition) is 1. The summed E-state index contributed by atoms with van der Waals surface area (Å²) in [5.41, 5.74) is 1.98. The molecule has 0 spiro atoms. The van der Waals surface area contributed by atoms with Crippen molar-refractivity contribution in [3.63, 3.8) is 0 Å². The molecule has 24 heavy (non-hydrogen) atoms. The summed E-state index contributed by atoms with van der Waals surface area (Å²) in [6.45, 7) is 0.748. The Morgan fingerprint density at radius 1 is 1.29 bits per heavy atom. The minimum Gasteiger partial charge on any atom is -0.367 e. The largest absolute Gasteiger partial charge is 0.367 e. The standard InChI is InChI=1S/C16H22N8/c1-22(2)13(12-8-18-23(3)10-12)9-17-14-6-7-15-19-20-16(11-4-5-11)24(15)21-14/h6-8,10-11,13H,4-5,9H2,1-3H3,(H,17,21). The Morgan fingerprint density at radius 3 is 2.79 bits per heavy atom. The van der Waals surface area contributed by atoms with Crippen molar-refractivity contribution >= 4 is 11.5 Å². The number of aromatic nitrogens is 6. The Morgan fingerprint density at radius 2 is 2.12 bits per heavy atom. The van der Waals surface area contributed by atoms with Gasteiger partial charge in [-0.1, -0.05) is 0 Å². The number of fused-ring (bicyclic) bond motifs is 1. The molecule has 1 fully saturated rings. The lowest BCUT2D eigenvalue weighted by Crippen LogP contribution is -2.27. The third-order valence-corrected chi connectivity index (χ3v) is 4.44. The molecule has 0 aromatic carbocycles. The topological polar surface area (TPSA) is 76.2 Å². The van der Waals surface area contributed by atoms with Crippen LogP contribution in [0.5, 0.6) is 0 Å². The fourth-order valence-electron chi connectivity index (χ4n) is 2.91. The minimum atomic E-state index is 0.222. The zero-order chi connectivity index (χ0) is 16.7. The molecular weight excluding hydrogens is 304 g/mol. The van der Waals surface area contributed by atoms with Crippen LogP contribution in [0.2, 0.25) is 0 Å². The van der Waals surface area contributed by atoms with Crippen LogP contribution < -0.4 is 5.32 Å². The van der Waals surface area contributed by atoms with Gasteiger partial charge in [0.25, 0.3) is 0 Å². The van der Waals surface area contributed by atoms with Gasteiger partial charge in [0.05, 0.1) is 12.2 Å². The van der Waals surface area contributed by atoms with Crippen molar-refractivity contribution in [1.82, 2.24) is 34.5 Å². The zero-order valence-electron chi connectivity index (χ0n) is 14.2. The highest BCUT2D eigenvalue weighted by Gasteiger charge is 2.29. The Hall–Kier alpha value is -2.48. The maximum absolute atomic E-state index is 4.67. The molecular formula is C16H22N8. The number of rotatable bonds is 6. The number of nitrogens with one attached hydrogen (secondary N) is 1. The van der Waals surface area contributed by atoms with E-state index in [0.717, 1.165) is 23.8 Å². The molecule has 126 valence electrons. The number of likely N-dealkylation sites (N-methyl/N-ethyl adjacent to an activating group) is 1. The van der Waals surface area contributed by atoms with E-state index < -0.39 is 0 Å². The van der Waals surface area contributed by atoms with Gasteiger partial charge in [-0.05, 0) is 39.1 Å². The molecule has 3 aromatic heterocycles. The number of nitrogens with zero attached hydrogens (tertiary/aromatic N) is 7. The van der Waals surface area contributed by atoms with E-state index in [1.54, 1.807) is 0 Å². The van der Waals surface area contributed by atoms with E-state index in [-0.39, 0.29) is 6.04 Å². The van der Waals surface area contributed by atoms with Crippen molar-refractivity contribution in [3.05, 3.63) is 35.9 Å². The van der Waals surface area contributed by atoms with Gasteiger partial charge >= 0.3 is 0 Å². The summed E-state index contributed by atoms with van der Waals surface area (Å²) in [6.07, 6.45) is 6.33. The predicted molar refractivity (Wildman–Crippen MR) is 90.9 cm³/mol. The van der Waals surface area contributed by atoms with Crippen LogP contribution in [-0.4, -0.2) is 55.1 Å². The van der Waals surface area contributed by atoms with E-state index >= 15 is 0 Å². The number of aryl methyl sites for hydroxylation is 1. The third-order valence-electron chi connectivity index (χ3n) is 4.44. The lowest BCUT2D eigenvalue weighted by molar-refractivity contribution is 0.311. The summed E-state index contributed by atoms with van der Waals surface area (Å²) in [4.78, 5) is 2.18. The third kappa shape index (κ3) is 2.84. The predicted octanol–water partition coefficient (Wildman–Crippen LogP) is 1.45. The summed E-state index contributed by atoms with van der Waals surface area (Å²) in [6, 6.07) is 4.14. The van der Waals surface area contributed by atoms with Gasteiger partial charge in [0, 0.05) is 31.3 Å². The van der Waals surface area contributed by atoms with E-state index in [1.807, 2.05) is 40.8 Å². The number of hydrogen-bond acceptors (Lipinski definition) is 6. The van der Waals surface area contributed by atoms with E-state index in [1.165, 1.54) is 18.4 Å². The molecule has 8 nitrogen and oxygen atoms in total. The van der Waals surface area contributed by atoms with Gasteiger partial charge in [-0.15, -0.1) is 15.3 Å². The maximum Gasteiger partial charge on any atom is 0.178 e. The molecule has 1 N–H and O–H groups in total. The summed E-state index contributed by atoms with van der Waals surface area (Å²) in [5.74, 6) is 2.33. The van der Waals surface area contributed by atoms with Gasteiger partial charge in [0.2, 0.25) is 0 Å². The molecule has 0 saturated heterocycles. The van der Waals surface area contributed by atoms with Crippen LogP contribution in [0.3, 0.4) is 0 Å².